The van der Waals surface area contributed by atoms with Crippen molar-refractivity contribution in [1.82, 2.24) is 40.0 Å². The average Bonchev–Trinajstić information content (AvgIpc) is 4.12. The van der Waals surface area contributed by atoms with Crippen LogP contribution in [-0.2, 0) is 9.59 Å². The van der Waals surface area contributed by atoms with Gasteiger partial charge in [0.05, 0.1) is 35.9 Å². The summed E-state index contributed by atoms with van der Waals surface area (Å²) in [7, 11) is 0. The monoisotopic (exact) mass is 790 g/mol. The summed E-state index contributed by atoms with van der Waals surface area (Å²) in [6.07, 6.45) is 5.73. The minimum Gasteiger partial charge on any atom is -0.465 e. The summed E-state index contributed by atoms with van der Waals surface area (Å²) in [6, 6.07) is 34.0. The van der Waals surface area contributed by atoms with Crippen LogP contribution in [0.5, 0.6) is 0 Å². The Morgan fingerprint density at radius 3 is 1.56 bits per heavy atom. The third-order valence-electron chi connectivity index (χ3n) is 11.8. The van der Waals surface area contributed by atoms with Crippen LogP contribution in [-0.4, -0.2) is 83.8 Å². The molecule has 2 fully saturated rings. The van der Waals surface area contributed by atoms with Crippen LogP contribution >= 0.6 is 0 Å². The van der Waals surface area contributed by atoms with Crippen LogP contribution in [0, 0.1) is 0 Å². The van der Waals surface area contributed by atoms with Crippen molar-refractivity contribution in [2.24, 2.45) is 0 Å². The van der Waals surface area contributed by atoms with E-state index in [1.807, 2.05) is 35.4 Å². The maximum absolute atomic E-state index is 14.2. The van der Waals surface area contributed by atoms with Crippen molar-refractivity contribution in [2.75, 3.05) is 26.2 Å². The van der Waals surface area contributed by atoms with E-state index in [1.54, 1.807) is 35.4 Å². The lowest BCUT2D eigenvalue weighted by Gasteiger charge is -2.34. The molecule has 4 aromatic carbocycles. The highest BCUT2D eigenvalue weighted by atomic mass is 16.4. The number of likely N-dealkylation sites (N-methyl/N-ethyl adjacent to an activating group) is 1. The number of hydrogen-bond donors (Lipinski definition) is 4. The number of carbonyl (C=O) groups excluding carboxylic acids is 2. The summed E-state index contributed by atoms with van der Waals surface area (Å²) in [4.78, 5) is 62.0. The molecule has 4 N–H and O–H groups in total. The summed E-state index contributed by atoms with van der Waals surface area (Å²) < 4.78 is 0. The van der Waals surface area contributed by atoms with Crippen molar-refractivity contribution in [3.8, 4) is 33.6 Å². The van der Waals surface area contributed by atoms with Gasteiger partial charge in [-0.1, -0.05) is 123 Å². The van der Waals surface area contributed by atoms with E-state index in [-0.39, 0.29) is 29.9 Å². The fourth-order valence-electron chi connectivity index (χ4n) is 8.73. The molecule has 4 atom stereocenters. The first-order valence-electron chi connectivity index (χ1n) is 20.6. The molecule has 0 unspecified atom stereocenters. The second-order valence-electron chi connectivity index (χ2n) is 15.2. The molecule has 2 aromatic heterocycles. The van der Waals surface area contributed by atoms with Gasteiger partial charge in [-0.05, 0) is 72.2 Å². The molecule has 8 rings (SSSR count). The molecule has 302 valence electrons. The Bertz CT molecular complexity index is 2360. The molecule has 0 bridgehead atoms. The van der Waals surface area contributed by atoms with E-state index >= 15 is 0 Å². The number of amides is 3. The Morgan fingerprint density at radius 1 is 0.661 bits per heavy atom. The predicted molar refractivity (Wildman–Crippen MR) is 227 cm³/mol. The van der Waals surface area contributed by atoms with Gasteiger partial charge in [0.2, 0.25) is 5.91 Å². The van der Waals surface area contributed by atoms with Crippen LogP contribution in [0.25, 0.3) is 33.6 Å². The van der Waals surface area contributed by atoms with Crippen LogP contribution < -0.4 is 5.32 Å². The molecule has 2 aliphatic heterocycles. The molecule has 12 heteroatoms. The highest BCUT2D eigenvalue weighted by molar-refractivity contribution is 5.87. The maximum atomic E-state index is 14.2. The van der Waals surface area contributed by atoms with Crippen molar-refractivity contribution >= 4 is 17.9 Å². The lowest BCUT2D eigenvalue weighted by molar-refractivity contribution is -0.138. The highest BCUT2D eigenvalue weighted by Crippen LogP contribution is 2.37. The minimum atomic E-state index is -1.25. The summed E-state index contributed by atoms with van der Waals surface area (Å²) >= 11 is 0. The fourth-order valence-corrected chi connectivity index (χ4v) is 8.73. The quantitative estimate of drug-likeness (QED) is 0.0916. The predicted octanol–water partition coefficient (Wildman–Crippen LogP) is 8.55. The van der Waals surface area contributed by atoms with E-state index in [4.69, 9.17) is 4.98 Å². The number of nitrogens with one attached hydrogen (secondary N) is 3. The molecule has 0 aliphatic carbocycles. The zero-order chi connectivity index (χ0) is 40.9. The molecule has 3 amide bonds. The minimum absolute atomic E-state index is 0.102. The standard InChI is InChI=1S/C47H50N8O4/c1-3-53(4-2)42(36-15-9-6-10-16-36)46(57)55-28-12-18-40(55)44-49-30-38(51-44)34-25-21-32(22-26-34)31-19-23-33(24-20-31)37-29-48-43(50-37)39-17-11-27-54(39)45(56)41(52-47(58)59)35-13-7-5-8-14-35/h5-10,13-16,19-26,29-30,39-42,52H,3-4,11-12,17-18,27-28H2,1-2H3,(H,48,50)(H,49,51)(H,58,59)/t39-,40-,41+,42+/m0/s1. The fraction of sp³-hybridized carbons (Fsp3) is 0.298. The van der Waals surface area contributed by atoms with Crippen molar-refractivity contribution in [1.29, 1.82) is 0 Å². The Balaban J connectivity index is 0.932. The normalized spacial score (nSPS) is 17.6. The van der Waals surface area contributed by atoms with Gasteiger partial charge in [-0.15, -0.1) is 0 Å². The molecule has 4 heterocycles. The van der Waals surface area contributed by atoms with Crippen molar-refractivity contribution in [2.45, 2.75) is 63.7 Å². The summed E-state index contributed by atoms with van der Waals surface area (Å²) in [5.74, 6) is 1.33. The number of imidazole rings is 2. The third kappa shape index (κ3) is 8.26. The van der Waals surface area contributed by atoms with Gasteiger partial charge in [-0.25, -0.2) is 14.8 Å². The van der Waals surface area contributed by atoms with Gasteiger partial charge >= 0.3 is 6.09 Å². The maximum Gasteiger partial charge on any atom is 0.405 e. The Labute approximate surface area is 344 Å². The van der Waals surface area contributed by atoms with Crippen LogP contribution in [0.2, 0.25) is 0 Å². The SMILES string of the molecule is CCN(CC)[C@@H](C(=O)N1CCC[C@H]1c1ncc(-c2ccc(-c3ccc(-c4cnc([C@@H]5CCCN5C(=O)[C@H](NC(=O)O)c5ccccc5)[nH]4)cc3)cc2)[nH]1)c1ccccc1. The first-order chi connectivity index (χ1) is 28.8. The van der Waals surface area contributed by atoms with Crippen molar-refractivity contribution < 1.29 is 19.5 Å². The Morgan fingerprint density at radius 2 is 1.10 bits per heavy atom. The van der Waals surface area contributed by atoms with E-state index in [1.165, 1.54) is 0 Å². The van der Waals surface area contributed by atoms with Crippen LogP contribution in [0.4, 0.5) is 4.79 Å². The van der Waals surface area contributed by atoms with E-state index in [0.29, 0.717) is 24.5 Å². The number of carboxylic acid groups (broad SMARTS) is 1. The zero-order valence-corrected chi connectivity index (χ0v) is 33.4. The van der Waals surface area contributed by atoms with Crippen LogP contribution in [0.1, 0.15) is 86.5 Å². The molecular weight excluding hydrogens is 741 g/mol. The second kappa shape index (κ2) is 17.5. The molecule has 2 saturated heterocycles. The van der Waals surface area contributed by atoms with Gasteiger partial charge in [0.25, 0.3) is 5.91 Å². The number of H-pyrrole nitrogens is 2. The molecule has 6 aromatic rings. The van der Waals surface area contributed by atoms with Gasteiger partial charge in [0.15, 0.2) is 0 Å². The summed E-state index contributed by atoms with van der Waals surface area (Å²) in [5, 5.41) is 11.9. The van der Waals surface area contributed by atoms with Gasteiger partial charge in [0, 0.05) is 13.1 Å². The molecule has 0 saturated carbocycles. The average molecular weight is 791 g/mol. The summed E-state index contributed by atoms with van der Waals surface area (Å²) in [5.41, 5.74) is 7.49. The van der Waals surface area contributed by atoms with Crippen LogP contribution in [0.15, 0.2) is 122 Å². The number of likely N-dealkylation sites (tertiary alicyclic amines) is 2. The van der Waals surface area contributed by atoms with E-state index in [2.05, 4.69) is 99.7 Å². The number of aromatic amines is 2. The highest BCUT2D eigenvalue weighted by Gasteiger charge is 2.39. The lowest BCUT2D eigenvalue weighted by atomic mass is 10.0. The van der Waals surface area contributed by atoms with Gasteiger partial charge in [-0.3, -0.25) is 14.5 Å². The number of nitrogens with zero attached hydrogens (tertiary/aromatic N) is 5. The lowest BCUT2D eigenvalue weighted by Crippen LogP contribution is -2.43. The molecule has 0 radical (unpaired) electrons. The number of aromatic nitrogens is 4. The Kier molecular flexibility index (Phi) is 11.7. The largest absolute Gasteiger partial charge is 0.465 e. The van der Waals surface area contributed by atoms with Gasteiger partial charge in [0.1, 0.15) is 23.7 Å². The van der Waals surface area contributed by atoms with E-state index in [0.717, 1.165) is 83.8 Å². The Hall–Kier alpha value is -6.53. The van der Waals surface area contributed by atoms with E-state index < -0.39 is 12.1 Å². The first-order valence-corrected chi connectivity index (χ1v) is 20.6. The van der Waals surface area contributed by atoms with Gasteiger partial charge in [-0.2, -0.15) is 0 Å². The van der Waals surface area contributed by atoms with Crippen molar-refractivity contribution in [3.63, 3.8) is 0 Å². The molecule has 59 heavy (non-hydrogen) atoms. The smallest absolute Gasteiger partial charge is 0.405 e. The zero-order valence-electron chi connectivity index (χ0n) is 33.4. The third-order valence-corrected chi connectivity index (χ3v) is 11.8. The summed E-state index contributed by atoms with van der Waals surface area (Å²) in [6.45, 7) is 7.02. The van der Waals surface area contributed by atoms with E-state index in [9.17, 15) is 19.5 Å². The topological polar surface area (TPSA) is 151 Å². The number of hydrogen-bond acceptors (Lipinski definition) is 6. The molecule has 2 aliphatic rings. The van der Waals surface area contributed by atoms with Crippen LogP contribution in [0.3, 0.4) is 0 Å². The second-order valence-corrected chi connectivity index (χ2v) is 15.2. The number of rotatable bonds is 13. The molecule has 12 nitrogen and oxygen atoms in total. The van der Waals surface area contributed by atoms with Crippen molar-refractivity contribution in [3.05, 3.63) is 144 Å². The number of benzene rings is 4. The molecular formula is C47H50N8O4. The number of carbonyl (C=O) groups is 3. The van der Waals surface area contributed by atoms with Gasteiger partial charge < -0.3 is 30.2 Å². The molecule has 0 spiro atoms. The first kappa shape index (κ1) is 39.3.